The molecule has 0 aromatic heterocycles. The Morgan fingerprint density at radius 2 is 1.88 bits per heavy atom. The molecule has 1 unspecified atom stereocenters. The lowest BCUT2D eigenvalue weighted by atomic mass is 9.79. The number of carboxylic acids is 1. The molecular formula is C16H28N2O6. The van der Waals surface area contributed by atoms with Gasteiger partial charge in [-0.1, -0.05) is 13.8 Å². The highest BCUT2D eigenvalue weighted by atomic mass is 16.5. The van der Waals surface area contributed by atoms with Gasteiger partial charge in [0.25, 0.3) is 0 Å². The second-order valence-electron chi connectivity index (χ2n) is 7.07. The van der Waals surface area contributed by atoms with Crippen molar-refractivity contribution in [2.75, 3.05) is 13.7 Å². The van der Waals surface area contributed by atoms with Crippen molar-refractivity contribution >= 4 is 17.8 Å². The number of nitrogens with two attached hydrogens (primary N) is 1. The highest BCUT2D eigenvalue weighted by Crippen LogP contribution is 2.48. The van der Waals surface area contributed by atoms with Crippen LogP contribution in [0.4, 0.5) is 0 Å². The second-order valence-corrected chi connectivity index (χ2v) is 7.07. The van der Waals surface area contributed by atoms with Crippen LogP contribution in [0.5, 0.6) is 0 Å². The number of esters is 1. The van der Waals surface area contributed by atoms with Gasteiger partial charge in [0.1, 0.15) is 0 Å². The number of methoxy groups -OCH3 is 1. The largest absolute Gasteiger partial charge is 0.481 e. The number of hydrogen-bond acceptors (Lipinski definition) is 6. The van der Waals surface area contributed by atoms with Crippen LogP contribution in [-0.2, 0) is 23.9 Å². The average Bonchev–Trinajstić information content (AvgIpc) is 2.75. The number of aliphatic carboxylic acids is 1. The van der Waals surface area contributed by atoms with Crippen molar-refractivity contribution in [2.24, 2.45) is 11.1 Å². The molecule has 1 aliphatic carbocycles. The van der Waals surface area contributed by atoms with Gasteiger partial charge in [0.15, 0.2) is 6.04 Å². The van der Waals surface area contributed by atoms with Crippen LogP contribution in [0, 0.1) is 5.41 Å². The van der Waals surface area contributed by atoms with Crippen molar-refractivity contribution in [1.82, 2.24) is 5.32 Å². The molecule has 138 valence electrons. The smallest absolute Gasteiger partial charge is 0.330 e. The van der Waals surface area contributed by atoms with E-state index >= 15 is 0 Å². The highest BCUT2D eigenvalue weighted by molar-refractivity contribution is 5.89. The minimum atomic E-state index is -1.24. The van der Waals surface area contributed by atoms with E-state index < -0.39 is 42.0 Å². The fourth-order valence-corrected chi connectivity index (χ4v) is 2.88. The Kier molecular flexibility index (Phi) is 6.74. The zero-order valence-corrected chi connectivity index (χ0v) is 14.8. The Bertz CT molecular complexity index is 493. The Morgan fingerprint density at radius 3 is 2.33 bits per heavy atom. The molecule has 0 spiro atoms. The fraction of sp³-hybridized carbons (Fsp3) is 0.812. The van der Waals surface area contributed by atoms with Crippen LogP contribution in [0.2, 0.25) is 0 Å². The van der Waals surface area contributed by atoms with Gasteiger partial charge in [-0.05, 0) is 31.6 Å². The molecule has 0 heterocycles. The summed E-state index contributed by atoms with van der Waals surface area (Å²) in [7, 11) is 1.21. The van der Waals surface area contributed by atoms with E-state index in [-0.39, 0.29) is 12.0 Å². The third-order valence-corrected chi connectivity index (χ3v) is 4.99. The van der Waals surface area contributed by atoms with E-state index in [4.69, 9.17) is 15.6 Å². The van der Waals surface area contributed by atoms with Gasteiger partial charge < -0.3 is 25.6 Å². The standard InChI is InChI=1S/C16H28N2O6/c1-15(2)6-5-7-16(15,3)24-9-11(14(22)23-4)18-13(21)10(17)8-12(19)20/h10-11H,5-9,17H2,1-4H3,(H,18,21)(H,19,20)/t10-,11-,16?/m0/s1. The maximum absolute atomic E-state index is 11.9. The first-order valence-corrected chi connectivity index (χ1v) is 8.02. The molecule has 0 saturated heterocycles. The zero-order chi connectivity index (χ0) is 18.5. The second kappa shape index (κ2) is 7.94. The molecule has 0 radical (unpaired) electrons. The van der Waals surface area contributed by atoms with E-state index in [1.807, 2.05) is 6.92 Å². The lowest BCUT2D eigenvalue weighted by molar-refractivity contribution is -0.152. The van der Waals surface area contributed by atoms with Crippen molar-refractivity contribution in [2.45, 2.75) is 64.1 Å². The third-order valence-electron chi connectivity index (χ3n) is 4.99. The van der Waals surface area contributed by atoms with Crippen molar-refractivity contribution in [3.05, 3.63) is 0 Å². The van der Waals surface area contributed by atoms with E-state index in [1.54, 1.807) is 0 Å². The summed E-state index contributed by atoms with van der Waals surface area (Å²) >= 11 is 0. The molecule has 4 N–H and O–H groups in total. The van der Waals surface area contributed by atoms with E-state index in [0.717, 1.165) is 19.3 Å². The maximum Gasteiger partial charge on any atom is 0.330 e. The molecule has 1 rings (SSSR count). The number of ether oxygens (including phenoxy) is 2. The summed E-state index contributed by atoms with van der Waals surface area (Å²) in [5, 5.41) is 11.1. The predicted molar refractivity (Wildman–Crippen MR) is 86.2 cm³/mol. The van der Waals surface area contributed by atoms with E-state index in [1.165, 1.54) is 7.11 Å². The van der Waals surface area contributed by atoms with Gasteiger partial charge in [-0.25, -0.2) is 4.79 Å². The average molecular weight is 344 g/mol. The van der Waals surface area contributed by atoms with E-state index in [9.17, 15) is 14.4 Å². The molecule has 1 aliphatic rings. The Hall–Kier alpha value is -1.67. The molecule has 0 aromatic rings. The van der Waals surface area contributed by atoms with Crippen LogP contribution >= 0.6 is 0 Å². The summed E-state index contributed by atoms with van der Waals surface area (Å²) in [6.45, 7) is 6.15. The van der Waals surface area contributed by atoms with E-state index in [2.05, 4.69) is 23.9 Å². The number of carboxylic acid groups (broad SMARTS) is 1. The van der Waals surface area contributed by atoms with E-state index in [0.29, 0.717) is 0 Å². The van der Waals surface area contributed by atoms with Gasteiger partial charge in [0, 0.05) is 0 Å². The quantitative estimate of drug-likeness (QED) is 0.545. The summed E-state index contributed by atoms with van der Waals surface area (Å²) in [4.78, 5) is 34.5. The summed E-state index contributed by atoms with van der Waals surface area (Å²) in [6, 6.07) is -2.27. The number of carbonyl (C=O) groups is 3. The first-order valence-electron chi connectivity index (χ1n) is 8.02. The zero-order valence-electron chi connectivity index (χ0n) is 14.8. The SMILES string of the molecule is COC(=O)[C@H](COC1(C)CCCC1(C)C)NC(=O)[C@@H](N)CC(=O)O. The van der Waals surface area contributed by atoms with Crippen LogP contribution < -0.4 is 11.1 Å². The third kappa shape index (κ3) is 4.91. The van der Waals surface area contributed by atoms with Crippen LogP contribution in [0.15, 0.2) is 0 Å². The summed E-state index contributed by atoms with van der Waals surface area (Å²) in [5.74, 6) is -2.58. The van der Waals surface area contributed by atoms with Gasteiger partial charge in [0.05, 0.1) is 31.8 Å². The van der Waals surface area contributed by atoms with Crippen molar-refractivity contribution in [3.63, 3.8) is 0 Å². The van der Waals surface area contributed by atoms with Gasteiger partial charge >= 0.3 is 11.9 Å². The van der Waals surface area contributed by atoms with Crippen LogP contribution in [-0.4, -0.2) is 54.4 Å². The van der Waals surface area contributed by atoms with Crippen LogP contribution in [0.25, 0.3) is 0 Å². The minimum Gasteiger partial charge on any atom is -0.481 e. The monoisotopic (exact) mass is 344 g/mol. The number of rotatable bonds is 8. The van der Waals surface area contributed by atoms with Crippen LogP contribution in [0.1, 0.15) is 46.5 Å². The molecule has 0 aliphatic heterocycles. The summed E-state index contributed by atoms with van der Waals surface area (Å²) in [5.41, 5.74) is 5.06. The van der Waals surface area contributed by atoms with Crippen LogP contribution in [0.3, 0.4) is 0 Å². The summed E-state index contributed by atoms with van der Waals surface area (Å²) in [6.07, 6.45) is 2.39. The molecular weight excluding hydrogens is 316 g/mol. The molecule has 3 atom stereocenters. The number of hydrogen-bond donors (Lipinski definition) is 3. The lowest BCUT2D eigenvalue weighted by Gasteiger charge is -2.39. The fourth-order valence-electron chi connectivity index (χ4n) is 2.88. The first-order chi connectivity index (χ1) is 11.0. The van der Waals surface area contributed by atoms with Gasteiger partial charge in [0.2, 0.25) is 5.91 Å². The molecule has 1 fully saturated rings. The maximum atomic E-state index is 11.9. The van der Waals surface area contributed by atoms with Gasteiger partial charge in [-0.3, -0.25) is 9.59 Å². The molecule has 0 bridgehead atoms. The normalized spacial score (nSPS) is 24.9. The minimum absolute atomic E-state index is 0.0443. The highest BCUT2D eigenvalue weighted by Gasteiger charge is 2.46. The molecule has 8 nitrogen and oxygen atoms in total. The molecule has 0 aromatic carbocycles. The molecule has 8 heteroatoms. The Balaban J connectivity index is 2.71. The number of amides is 1. The summed E-state index contributed by atoms with van der Waals surface area (Å²) < 4.78 is 10.7. The van der Waals surface area contributed by atoms with Gasteiger partial charge in [-0.15, -0.1) is 0 Å². The number of carbonyl (C=O) groups excluding carboxylic acids is 2. The number of nitrogens with one attached hydrogen (secondary N) is 1. The molecule has 24 heavy (non-hydrogen) atoms. The predicted octanol–water partition coefficient (Wildman–Crippen LogP) is 0.432. The van der Waals surface area contributed by atoms with Crippen molar-refractivity contribution < 1.29 is 29.0 Å². The van der Waals surface area contributed by atoms with Crippen molar-refractivity contribution in [3.8, 4) is 0 Å². The van der Waals surface area contributed by atoms with Crippen molar-refractivity contribution in [1.29, 1.82) is 0 Å². The Labute approximate surface area is 142 Å². The molecule has 1 amide bonds. The first kappa shape index (κ1) is 20.4. The lowest BCUT2D eigenvalue weighted by Crippen LogP contribution is -2.53. The van der Waals surface area contributed by atoms with Gasteiger partial charge in [-0.2, -0.15) is 0 Å². The molecule has 1 saturated carbocycles. The Morgan fingerprint density at radius 1 is 1.25 bits per heavy atom. The topological polar surface area (TPSA) is 128 Å².